The van der Waals surface area contributed by atoms with Crippen LogP contribution in [0.3, 0.4) is 0 Å². The number of hydrogen-bond acceptors (Lipinski definition) is 6. The molecule has 3 aromatic rings. The number of hydrogen-bond donors (Lipinski definition) is 2. The first-order valence-electron chi connectivity index (χ1n) is 10.5. The fourth-order valence-electron chi connectivity index (χ4n) is 3.32. The molecule has 0 radical (unpaired) electrons. The summed E-state index contributed by atoms with van der Waals surface area (Å²) in [5.74, 6) is 1.97. The zero-order chi connectivity index (χ0) is 22.5. The minimum absolute atomic E-state index is 0.139. The van der Waals surface area contributed by atoms with Crippen LogP contribution in [0.1, 0.15) is 41.9 Å². The van der Waals surface area contributed by atoms with Crippen molar-refractivity contribution in [3.05, 3.63) is 59.9 Å². The van der Waals surface area contributed by atoms with E-state index in [0.717, 1.165) is 30.4 Å². The molecule has 0 spiro atoms. The molecule has 0 unspecified atom stereocenters. The molecule has 9 heteroatoms. The van der Waals surface area contributed by atoms with Gasteiger partial charge in [0.2, 0.25) is 5.91 Å². The van der Waals surface area contributed by atoms with E-state index in [-0.39, 0.29) is 17.6 Å². The Labute approximate surface area is 190 Å². The molecule has 1 aliphatic carbocycles. The first kappa shape index (κ1) is 21.9. The van der Waals surface area contributed by atoms with Gasteiger partial charge in [0.25, 0.3) is 5.91 Å². The van der Waals surface area contributed by atoms with Gasteiger partial charge in [-0.05, 0) is 56.2 Å². The van der Waals surface area contributed by atoms with Crippen molar-refractivity contribution >= 4 is 35.0 Å². The second kappa shape index (κ2) is 9.86. The summed E-state index contributed by atoms with van der Waals surface area (Å²) < 4.78 is 7.34. The van der Waals surface area contributed by atoms with Crippen molar-refractivity contribution in [2.75, 3.05) is 23.5 Å². The van der Waals surface area contributed by atoms with Crippen LogP contribution in [0.2, 0.25) is 0 Å². The maximum Gasteiger partial charge on any atom is 0.255 e. The number of ether oxygens (including phenoxy) is 1. The lowest BCUT2D eigenvalue weighted by Crippen LogP contribution is -2.15. The van der Waals surface area contributed by atoms with Gasteiger partial charge in [-0.1, -0.05) is 23.9 Å². The van der Waals surface area contributed by atoms with Gasteiger partial charge in [-0.3, -0.25) is 9.59 Å². The molecule has 0 aliphatic heterocycles. The molecule has 32 heavy (non-hydrogen) atoms. The number of amides is 2. The molecule has 4 rings (SSSR count). The Bertz CT molecular complexity index is 1110. The van der Waals surface area contributed by atoms with Gasteiger partial charge in [-0.15, -0.1) is 10.2 Å². The summed E-state index contributed by atoms with van der Waals surface area (Å²) in [6.45, 7) is 2.85. The summed E-state index contributed by atoms with van der Waals surface area (Å²) >= 11 is 1.38. The third kappa shape index (κ3) is 5.11. The number of benzene rings is 2. The Hall–Kier alpha value is -3.33. The first-order valence-corrected chi connectivity index (χ1v) is 11.5. The van der Waals surface area contributed by atoms with Crippen molar-refractivity contribution in [2.45, 2.75) is 37.4 Å². The van der Waals surface area contributed by atoms with Crippen LogP contribution in [0.25, 0.3) is 0 Å². The van der Waals surface area contributed by atoms with Crippen LogP contribution in [0.4, 0.5) is 11.4 Å². The first-order chi connectivity index (χ1) is 15.6. The lowest BCUT2D eigenvalue weighted by molar-refractivity contribution is -0.113. The van der Waals surface area contributed by atoms with Gasteiger partial charge in [-0.25, -0.2) is 0 Å². The van der Waals surface area contributed by atoms with E-state index in [0.29, 0.717) is 28.6 Å². The molecule has 2 N–H and O–H groups in total. The maximum atomic E-state index is 12.5. The molecule has 166 valence electrons. The van der Waals surface area contributed by atoms with E-state index >= 15 is 0 Å². The monoisotopic (exact) mass is 451 g/mol. The quantitative estimate of drug-likeness (QED) is 0.474. The summed E-state index contributed by atoms with van der Waals surface area (Å²) in [7, 11) is 1.55. The van der Waals surface area contributed by atoms with Crippen LogP contribution in [0.5, 0.6) is 5.75 Å². The van der Waals surface area contributed by atoms with Gasteiger partial charge in [0.1, 0.15) is 11.6 Å². The summed E-state index contributed by atoms with van der Waals surface area (Å²) in [4.78, 5) is 24.9. The van der Waals surface area contributed by atoms with Gasteiger partial charge in [0, 0.05) is 23.7 Å². The molecule has 0 bridgehead atoms. The Balaban J connectivity index is 1.31. The number of aromatic nitrogens is 3. The zero-order valence-electron chi connectivity index (χ0n) is 18.0. The van der Waals surface area contributed by atoms with E-state index in [1.807, 2.05) is 12.1 Å². The van der Waals surface area contributed by atoms with Crippen molar-refractivity contribution in [1.29, 1.82) is 0 Å². The molecular weight excluding hydrogens is 426 g/mol. The molecule has 1 aliphatic rings. The summed E-state index contributed by atoms with van der Waals surface area (Å²) in [5, 5.41) is 15.0. The fraction of sp³-hybridized carbons (Fsp3) is 0.304. The van der Waals surface area contributed by atoms with Crippen molar-refractivity contribution in [1.82, 2.24) is 14.8 Å². The molecule has 1 saturated carbocycles. The highest BCUT2D eigenvalue weighted by Crippen LogP contribution is 2.40. The van der Waals surface area contributed by atoms with E-state index in [9.17, 15) is 9.59 Å². The third-order valence-electron chi connectivity index (χ3n) is 5.12. The molecule has 0 atom stereocenters. The second-order valence-electron chi connectivity index (χ2n) is 7.43. The topological polar surface area (TPSA) is 98.1 Å². The van der Waals surface area contributed by atoms with Crippen molar-refractivity contribution < 1.29 is 14.3 Å². The smallest absolute Gasteiger partial charge is 0.255 e. The maximum absolute atomic E-state index is 12.5. The van der Waals surface area contributed by atoms with Gasteiger partial charge in [0.05, 0.1) is 18.6 Å². The number of rotatable bonds is 9. The van der Waals surface area contributed by atoms with Crippen molar-refractivity contribution in [3.8, 4) is 5.75 Å². The number of thioether (sulfide) groups is 1. The van der Waals surface area contributed by atoms with E-state index in [4.69, 9.17) is 4.74 Å². The normalized spacial score (nSPS) is 12.9. The lowest BCUT2D eigenvalue weighted by Gasteiger charge is -2.10. The number of nitrogens with one attached hydrogen (secondary N) is 2. The van der Waals surface area contributed by atoms with Gasteiger partial charge in [0.15, 0.2) is 5.16 Å². The Morgan fingerprint density at radius 2 is 1.84 bits per heavy atom. The molecular formula is C23H25N5O3S. The highest BCUT2D eigenvalue weighted by molar-refractivity contribution is 7.99. The SMILES string of the molecule is CCn1c(SCC(=O)Nc2ccc(C(=O)Nc3ccccc3OC)cc2)nnc1C1CC1. The van der Waals surface area contributed by atoms with E-state index in [2.05, 4.69) is 32.3 Å². The highest BCUT2D eigenvalue weighted by Gasteiger charge is 2.30. The molecule has 2 aromatic carbocycles. The van der Waals surface area contributed by atoms with E-state index in [1.54, 1.807) is 43.5 Å². The fourth-order valence-corrected chi connectivity index (χ4v) is 4.13. The molecule has 0 saturated heterocycles. The molecule has 1 heterocycles. The van der Waals surface area contributed by atoms with Crippen LogP contribution in [0, 0.1) is 0 Å². The Kier molecular flexibility index (Phi) is 6.75. The van der Waals surface area contributed by atoms with E-state index < -0.39 is 0 Å². The highest BCUT2D eigenvalue weighted by atomic mass is 32.2. The van der Waals surface area contributed by atoms with Crippen LogP contribution < -0.4 is 15.4 Å². The second-order valence-corrected chi connectivity index (χ2v) is 8.37. The third-order valence-corrected chi connectivity index (χ3v) is 6.09. The van der Waals surface area contributed by atoms with Gasteiger partial charge < -0.3 is 19.9 Å². The standard InChI is InChI=1S/C23H25N5O3S/c1-3-28-21(15-8-9-15)26-27-23(28)32-14-20(29)24-17-12-10-16(11-13-17)22(30)25-18-6-4-5-7-19(18)31-2/h4-7,10-13,15H,3,8-9,14H2,1-2H3,(H,24,29)(H,25,30). The molecule has 8 nitrogen and oxygen atoms in total. The minimum Gasteiger partial charge on any atom is -0.495 e. The number of para-hydroxylation sites is 2. The van der Waals surface area contributed by atoms with Crippen LogP contribution in [0.15, 0.2) is 53.7 Å². The summed E-state index contributed by atoms with van der Waals surface area (Å²) in [6, 6.07) is 14.0. The molecule has 1 aromatic heterocycles. The van der Waals surface area contributed by atoms with Gasteiger partial charge in [-0.2, -0.15) is 0 Å². The number of nitrogens with zero attached hydrogens (tertiary/aromatic N) is 3. The predicted octanol–water partition coefficient (Wildman–Crippen LogP) is 4.17. The van der Waals surface area contributed by atoms with Crippen molar-refractivity contribution in [3.63, 3.8) is 0 Å². The molecule has 2 amide bonds. The number of anilines is 2. The van der Waals surface area contributed by atoms with Gasteiger partial charge >= 0.3 is 0 Å². The van der Waals surface area contributed by atoms with E-state index in [1.165, 1.54) is 11.8 Å². The molecule has 1 fully saturated rings. The predicted molar refractivity (Wildman–Crippen MR) is 124 cm³/mol. The summed E-state index contributed by atoms with van der Waals surface area (Å²) in [6.07, 6.45) is 2.33. The van der Waals surface area contributed by atoms with Crippen molar-refractivity contribution in [2.24, 2.45) is 0 Å². The average molecular weight is 452 g/mol. The largest absolute Gasteiger partial charge is 0.495 e. The number of carbonyl (C=O) groups is 2. The lowest BCUT2D eigenvalue weighted by atomic mass is 10.2. The number of carbonyl (C=O) groups excluding carboxylic acids is 2. The Morgan fingerprint density at radius 3 is 2.53 bits per heavy atom. The average Bonchev–Trinajstić information content (AvgIpc) is 3.57. The Morgan fingerprint density at radius 1 is 1.09 bits per heavy atom. The van der Waals surface area contributed by atoms with Crippen LogP contribution >= 0.6 is 11.8 Å². The van der Waals surface area contributed by atoms with Crippen LogP contribution in [-0.2, 0) is 11.3 Å². The summed E-state index contributed by atoms with van der Waals surface area (Å²) in [5.41, 5.74) is 1.70. The zero-order valence-corrected chi connectivity index (χ0v) is 18.8. The number of methoxy groups -OCH3 is 1. The van der Waals surface area contributed by atoms with Crippen LogP contribution in [-0.4, -0.2) is 39.4 Å². The minimum atomic E-state index is -0.256.